The molecule has 2 nitrogen and oxygen atoms in total. The van der Waals surface area contributed by atoms with Crippen LogP contribution in [0, 0.1) is 6.92 Å². The molecule has 0 atom stereocenters. The molecule has 56 valence electrons. The topological polar surface area (TPSA) is 22.1 Å². The second-order valence-electron chi connectivity index (χ2n) is 1.65. The molecule has 1 rings (SSSR count). The van der Waals surface area contributed by atoms with Gasteiger partial charge in [-0.15, -0.1) is 6.07 Å². The van der Waals surface area contributed by atoms with Gasteiger partial charge in [-0.25, -0.2) is 6.92 Å². The van der Waals surface area contributed by atoms with Gasteiger partial charge in [-0.1, -0.05) is 11.8 Å². The standard InChI is InChI=1S/C7H8NO.ClH.Mg/c1-6-7(9-2)4-3-5-8-6;;/h3-5H,1H2,2H3;1H;/q-1;;+2/p-1. The van der Waals surface area contributed by atoms with Gasteiger partial charge in [-0.05, 0) is 5.75 Å². The quantitative estimate of drug-likeness (QED) is 0.366. The Bertz CT molecular complexity index is 207. The van der Waals surface area contributed by atoms with E-state index in [1.54, 1.807) is 13.3 Å². The first kappa shape index (κ1) is 13.5. The van der Waals surface area contributed by atoms with Crippen LogP contribution in [0.5, 0.6) is 5.75 Å². The Morgan fingerprint density at radius 1 is 1.55 bits per heavy atom. The van der Waals surface area contributed by atoms with Crippen LogP contribution in [0.3, 0.4) is 0 Å². The van der Waals surface area contributed by atoms with E-state index < -0.39 is 0 Å². The van der Waals surface area contributed by atoms with E-state index in [0.29, 0.717) is 5.69 Å². The van der Waals surface area contributed by atoms with E-state index in [1.165, 1.54) is 0 Å². The van der Waals surface area contributed by atoms with Crippen molar-refractivity contribution >= 4 is 23.1 Å². The van der Waals surface area contributed by atoms with Crippen molar-refractivity contribution < 1.29 is 17.1 Å². The summed E-state index contributed by atoms with van der Waals surface area (Å²) in [6, 6.07) is 3.64. The average molecular weight is 182 g/mol. The fraction of sp³-hybridized carbons (Fsp3) is 0.143. The van der Waals surface area contributed by atoms with Gasteiger partial charge in [0.05, 0.1) is 7.11 Å². The molecule has 0 spiro atoms. The summed E-state index contributed by atoms with van der Waals surface area (Å²) in [6.07, 6.45) is 1.69. The van der Waals surface area contributed by atoms with Gasteiger partial charge in [0.2, 0.25) is 0 Å². The molecule has 0 unspecified atom stereocenters. The second-order valence-corrected chi connectivity index (χ2v) is 1.65. The molecule has 1 aromatic heterocycles. The van der Waals surface area contributed by atoms with E-state index in [2.05, 4.69) is 11.9 Å². The van der Waals surface area contributed by atoms with Crippen molar-refractivity contribution in [3.05, 3.63) is 30.9 Å². The van der Waals surface area contributed by atoms with Crippen LogP contribution in [0.25, 0.3) is 0 Å². The van der Waals surface area contributed by atoms with Crippen LogP contribution < -0.4 is 17.1 Å². The summed E-state index contributed by atoms with van der Waals surface area (Å²) < 4.78 is 4.92. The van der Waals surface area contributed by atoms with Crippen molar-refractivity contribution in [2.75, 3.05) is 7.11 Å². The van der Waals surface area contributed by atoms with Crippen molar-refractivity contribution in [3.63, 3.8) is 0 Å². The first-order chi connectivity index (χ1) is 4.34. The zero-order chi connectivity index (χ0) is 6.69. The minimum absolute atomic E-state index is 0. The number of pyridine rings is 1. The number of nitrogens with zero attached hydrogens (tertiary/aromatic N) is 1. The fourth-order valence-electron chi connectivity index (χ4n) is 0.609. The molecule has 0 saturated carbocycles. The minimum atomic E-state index is 0. The Balaban J connectivity index is 0. The molecule has 0 bridgehead atoms. The molecular weight excluding hydrogens is 174 g/mol. The SMILES string of the molecule is [CH2-]c1ncccc1OC.[Cl-].[Mg+2]. The molecule has 1 aromatic rings. The van der Waals surface area contributed by atoms with E-state index in [-0.39, 0.29) is 35.5 Å². The monoisotopic (exact) mass is 181 g/mol. The van der Waals surface area contributed by atoms with E-state index >= 15 is 0 Å². The van der Waals surface area contributed by atoms with E-state index in [0.717, 1.165) is 5.75 Å². The van der Waals surface area contributed by atoms with Gasteiger partial charge in [0.25, 0.3) is 0 Å². The van der Waals surface area contributed by atoms with Crippen molar-refractivity contribution in [3.8, 4) is 5.75 Å². The summed E-state index contributed by atoms with van der Waals surface area (Å²) >= 11 is 0. The predicted octanol–water partition coefficient (Wildman–Crippen LogP) is -2.10. The molecule has 0 aromatic carbocycles. The Hall–Kier alpha value is -0.124. The van der Waals surface area contributed by atoms with Crippen LogP contribution >= 0.6 is 0 Å². The van der Waals surface area contributed by atoms with Crippen LogP contribution in [0.1, 0.15) is 5.69 Å². The van der Waals surface area contributed by atoms with Crippen molar-refractivity contribution in [2.45, 2.75) is 0 Å². The third-order valence-corrected chi connectivity index (χ3v) is 1.07. The normalized spacial score (nSPS) is 7.36. The number of hydrogen-bond donors (Lipinski definition) is 0. The zero-order valence-electron chi connectivity index (χ0n) is 6.38. The molecule has 0 aliphatic rings. The number of ether oxygens (including phenoxy) is 1. The molecule has 0 fully saturated rings. The van der Waals surface area contributed by atoms with Crippen molar-refractivity contribution in [2.24, 2.45) is 0 Å². The summed E-state index contributed by atoms with van der Waals surface area (Å²) in [4.78, 5) is 3.91. The molecular formula is C7H8ClMgNO. The Labute approximate surface area is 88.9 Å². The van der Waals surface area contributed by atoms with Crippen molar-refractivity contribution in [1.82, 2.24) is 4.98 Å². The van der Waals surface area contributed by atoms with Crippen LogP contribution in [-0.4, -0.2) is 35.1 Å². The molecule has 0 N–H and O–H groups in total. The maximum Gasteiger partial charge on any atom is 2.00 e. The number of hydrogen-bond acceptors (Lipinski definition) is 2. The van der Waals surface area contributed by atoms with Gasteiger partial charge in [-0.3, -0.25) is 4.98 Å². The fourth-order valence-corrected chi connectivity index (χ4v) is 0.609. The van der Waals surface area contributed by atoms with Gasteiger partial charge in [-0.2, -0.15) is 0 Å². The summed E-state index contributed by atoms with van der Waals surface area (Å²) in [5.74, 6) is 0.734. The minimum Gasteiger partial charge on any atom is -1.00 e. The van der Waals surface area contributed by atoms with E-state index in [1.807, 2.05) is 12.1 Å². The number of halogens is 1. The first-order valence-electron chi connectivity index (χ1n) is 2.65. The Kier molecular flexibility index (Phi) is 8.05. The maximum atomic E-state index is 4.92. The molecule has 4 heteroatoms. The molecule has 0 radical (unpaired) electrons. The molecule has 0 amide bonds. The third kappa shape index (κ3) is 3.70. The molecule has 0 aliphatic carbocycles. The van der Waals surface area contributed by atoms with E-state index in [9.17, 15) is 0 Å². The van der Waals surface area contributed by atoms with Gasteiger partial charge in [0.15, 0.2) is 0 Å². The summed E-state index contributed by atoms with van der Waals surface area (Å²) in [7, 11) is 1.60. The Morgan fingerprint density at radius 2 is 2.18 bits per heavy atom. The van der Waals surface area contributed by atoms with Crippen LogP contribution in [0.4, 0.5) is 0 Å². The molecule has 0 aliphatic heterocycles. The van der Waals surface area contributed by atoms with Crippen LogP contribution in [0.2, 0.25) is 0 Å². The Morgan fingerprint density at radius 3 is 2.55 bits per heavy atom. The number of aromatic nitrogens is 1. The largest absolute Gasteiger partial charge is 2.00 e. The summed E-state index contributed by atoms with van der Waals surface area (Å²) in [6.45, 7) is 3.66. The van der Waals surface area contributed by atoms with Crippen LogP contribution in [-0.2, 0) is 0 Å². The third-order valence-electron chi connectivity index (χ3n) is 1.07. The van der Waals surface area contributed by atoms with Crippen molar-refractivity contribution in [1.29, 1.82) is 0 Å². The first-order valence-corrected chi connectivity index (χ1v) is 2.65. The van der Waals surface area contributed by atoms with Gasteiger partial charge in [0.1, 0.15) is 0 Å². The van der Waals surface area contributed by atoms with E-state index in [4.69, 9.17) is 4.74 Å². The second kappa shape index (κ2) is 6.58. The van der Waals surface area contributed by atoms with Crippen LogP contribution in [0.15, 0.2) is 18.3 Å². The maximum absolute atomic E-state index is 4.92. The number of methoxy groups -OCH3 is 1. The number of rotatable bonds is 1. The zero-order valence-corrected chi connectivity index (χ0v) is 8.55. The molecule has 1 heterocycles. The summed E-state index contributed by atoms with van der Waals surface area (Å²) in [5, 5.41) is 0. The molecule has 11 heavy (non-hydrogen) atoms. The smallest absolute Gasteiger partial charge is 1.00 e. The van der Waals surface area contributed by atoms with Gasteiger partial charge < -0.3 is 17.1 Å². The van der Waals surface area contributed by atoms with Gasteiger partial charge >= 0.3 is 23.1 Å². The predicted molar refractivity (Wildman–Crippen MR) is 41.0 cm³/mol. The summed E-state index contributed by atoms with van der Waals surface area (Å²) in [5.41, 5.74) is 0.681. The molecule has 0 saturated heterocycles. The average Bonchev–Trinajstić information content (AvgIpc) is 1.89. The van der Waals surface area contributed by atoms with Gasteiger partial charge in [0, 0.05) is 6.20 Å².